The smallest absolute Gasteiger partial charge is 0.320 e. The molecule has 0 bridgehead atoms. The van der Waals surface area contributed by atoms with Crippen LogP contribution in [0.25, 0.3) is 10.8 Å². The third-order valence-corrected chi connectivity index (χ3v) is 5.76. The Morgan fingerprint density at radius 1 is 1.10 bits per heavy atom. The minimum Gasteiger partial charge on any atom is -0.494 e. The summed E-state index contributed by atoms with van der Waals surface area (Å²) in [4.78, 5) is 14.3. The number of nitrogens with zero attached hydrogens (tertiary/aromatic N) is 1. The number of aliphatic carboxylic acids is 1. The molecule has 1 heterocycles. The predicted molar refractivity (Wildman–Crippen MR) is 115 cm³/mol. The van der Waals surface area contributed by atoms with E-state index >= 15 is 0 Å². The number of piperidine rings is 1. The van der Waals surface area contributed by atoms with Crippen molar-refractivity contribution in [2.24, 2.45) is 0 Å². The quantitative estimate of drug-likeness (QED) is 0.624. The zero-order valence-corrected chi connectivity index (χ0v) is 16.8. The SMILES string of the molecule is CCOc1cccc(C(c2cccc3ccccc23)N2CCCCC2C(=O)O)c1. The van der Waals surface area contributed by atoms with Gasteiger partial charge in [0.05, 0.1) is 12.6 Å². The molecule has 4 heteroatoms. The molecule has 1 aliphatic rings. The summed E-state index contributed by atoms with van der Waals surface area (Å²) in [7, 11) is 0. The van der Waals surface area contributed by atoms with E-state index in [2.05, 4.69) is 47.4 Å². The summed E-state index contributed by atoms with van der Waals surface area (Å²) >= 11 is 0. The molecule has 1 fully saturated rings. The van der Waals surface area contributed by atoms with E-state index in [1.807, 2.05) is 31.2 Å². The average Bonchev–Trinajstić information content (AvgIpc) is 2.75. The Balaban J connectivity index is 1.89. The van der Waals surface area contributed by atoms with Crippen LogP contribution in [0.2, 0.25) is 0 Å². The van der Waals surface area contributed by atoms with Crippen molar-refractivity contribution in [3.63, 3.8) is 0 Å². The van der Waals surface area contributed by atoms with Gasteiger partial charge in [-0.2, -0.15) is 0 Å². The number of hydrogen-bond donors (Lipinski definition) is 1. The van der Waals surface area contributed by atoms with E-state index in [1.54, 1.807) is 0 Å². The van der Waals surface area contributed by atoms with Crippen molar-refractivity contribution >= 4 is 16.7 Å². The van der Waals surface area contributed by atoms with Crippen molar-refractivity contribution in [2.75, 3.05) is 13.2 Å². The molecule has 3 aromatic rings. The summed E-state index contributed by atoms with van der Waals surface area (Å²) in [6.07, 6.45) is 2.65. The summed E-state index contributed by atoms with van der Waals surface area (Å²) < 4.78 is 5.75. The van der Waals surface area contributed by atoms with Gasteiger partial charge in [-0.25, -0.2) is 0 Å². The van der Waals surface area contributed by atoms with Crippen molar-refractivity contribution in [1.82, 2.24) is 4.90 Å². The maximum absolute atomic E-state index is 12.1. The molecule has 0 spiro atoms. The van der Waals surface area contributed by atoms with E-state index in [1.165, 1.54) is 5.39 Å². The van der Waals surface area contributed by atoms with E-state index in [4.69, 9.17) is 4.74 Å². The molecule has 0 saturated carbocycles. The molecular formula is C25H27NO3. The van der Waals surface area contributed by atoms with Crippen molar-refractivity contribution in [2.45, 2.75) is 38.3 Å². The topological polar surface area (TPSA) is 49.8 Å². The van der Waals surface area contributed by atoms with Crippen LogP contribution in [-0.2, 0) is 4.79 Å². The van der Waals surface area contributed by atoms with E-state index < -0.39 is 12.0 Å². The second-order valence-corrected chi connectivity index (χ2v) is 7.56. The lowest BCUT2D eigenvalue weighted by Crippen LogP contribution is -2.46. The van der Waals surface area contributed by atoms with Gasteiger partial charge in [-0.15, -0.1) is 0 Å². The van der Waals surface area contributed by atoms with Gasteiger partial charge in [0.2, 0.25) is 0 Å². The Hall–Kier alpha value is -2.85. The number of hydrogen-bond acceptors (Lipinski definition) is 3. The minimum atomic E-state index is -0.740. The highest BCUT2D eigenvalue weighted by molar-refractivity contribution is 5.86. The van der Waals surface area contributed by atoms with Gasteiger partial charge in [-0.1, -0.05) is 61.0 Å². The number of carbonyl (C=O) groups is 1. The molecule has 4 nitrogen and oxygen atoms in total. The monoisotopic (exact) mass is 389 g/mol. The van der Waals surface area contributed by atoms with Crippen LogP contribution in [0.5, 0.6) is 5.75 Å². The van der Waals surface area contributed by atoms with E-state index in [0.717, 1.165) is 41.6 Å². The number of carboxylic acids is 1. The molecule has 4 rings (SSSR count). The van der Waals surface area contributed by atoms with E-state index in [0.29, 0.717) is 13.0 Å². The van der Waals surface area contributed by atoms with Crippen molar-refractivity contribution in [1.29, 1.82) is 0 Å². The van der Waals surface area contributed by atoms with Gasteiger partial charge in [0.25, 0.3) is 0 Å². The summed E-state index contributed by atoms with van der Waals surface area (Å²) in [5.41, 5.74) is 2.21. The van der Waals surface area contributed by atoms with Crippen molar-refractivity contribution in [3.05, 3.63) is 77.9 Å². The first-order chi connectivity index (χ1) is 14.2. The molecule has 0 aromatic heterocycles. The molecular weight excluding hydrogens is 362 g/mol. The van der Waals surface area contributed by atoms with Crippen LogP contribution in [0.4, 0.5) is 0 Å². The van der Waals surface area contributed by atoms with Crippen LogP contribution in [0, 0.1) is 0 Å². The summed E-state index contributed by atoms with van der Waals surface area (Å²) in [6.45, 7) is 3.34. The number of carboxylic acid groups (broad SMARTS) is 1. The molecule has 0 amide bonds. The number of benzene rings is 3. The molecule has 1 saturated heterocycles. The largest absolute Gasteiger partial charge is 0.494 e. The molecule has 3 aromatic carbocycles. The Bertz CT molecular complexity index is 995. The Morgan fingerprint density at radius 2 is 1.90 bits per heavy atom. The maximum atomic E-state index is 12.1. The van der Waals surface area contributed by atoms with Crippen LogP contribution in [0.3, 0.4) is 0 Å². The fraction of sp³-hybridized carbons (Fsp3) is 0.320. The van der Waals surface area contributed by atoms with Crippen LogP contribution < -0.4 is 4.74 Å². The fourth-order valence-electron chi connectivity index (χ4n) is 4.51. The Kier molecular flexibility index (Phi) is 5.81. The van der Waals surface area contributed by atoms with Crippen LogP contribution in [-0.4, -0.2) is 35.2 Å². The van der Waals surface area contributed by atoms with Gasteiger partial charge in [-0.3, -0.25) is 9.69 Å². The molecule has 29 heavy (non-hydrogen) atoms. The Labute approximate surface area is 171 Å². The molecule has 1 aliphatic heterocycles. The first-order valence-corrected chi connectivity index (χ1v) is 10.4. The van der Waals surface area contributed by atoms with Gasteiger partial charge >= 0.3 is 5.97 Å². The third kappa shape index (κ3) is 3.99. The van der Waals surface area contributed by atoms with Crippen LogP contribution in [0.15, 0.2) is 66.7 Å². The van der Waals surface area contributed by atoms with E-state index in [9.17, 15) is 9.90 Å². The molecule has 2 atom stereocenters. The number of rotatable bonds is 6. The number of fused-ring (bicyclic) bond motifs is 1. The lowest BCUT2D eigenvalue weighted by molar-refractivity contribution is -0.145. The van der Waals surface area contributed by atoms with Crippen molar-refractivity contribution < 1.29 is 14.6 Å². The molecule has 2 unspecified atom stereocenters. The van der Waals surface area contributed by atoms with Gasteiger partial charge in [0.1, 0.15) is 11.8 Å². The number of ether oxygens (including phenoxy) is 1. The highest BCUT2D eigenvalue weighted by Gasteiger charge is 2.35. The second kappa shape index (κ2) is 8.66. The highest BCUT2D eigenvalue weighted by atomic mass is 16.5. The lowest BCUT2D eigenvalue weighted by Gasteiger charge is -2.40. The number of likely N-dealkylation sites (tertiary alicyclic amines) is 1. The molecule has 1 N–H and O–H groups in total. The summed E-state index contributed by atoms with van der Waals surface area (Å²) in [5.74, 6) is 0.0787. The standard InChI is InChI=1S/C25H27NO3/c1-2-29-20-12-7-11-19(17-20)24(26-16-6-5-15-23(26)25(27)28)22-14-8-10-18-9-3-4-13-21(18)22/h3-4,7-14,17,23-24H,2,5-6,15-16H2,1H3,(H,27,28). The zero-order chi connectivity index (χ0) is 20.2. The predicted octanol–water partition coefficient (Wildman–Crippen LogP) is 5.27. The third-order valence-electron chi connectivity index (χ3n) is 5.76. The lowest BCUT2D eigenvalue weighted by atomic mass is 9.89. The summed E-state index contributed by atoms with van der Waals surface area (Å²) in [5, 5.41) is 12.3. The molecule has 0 aliphatic carbocycles. The maximum Gasteiger partial charge on any atom is 0.320 e. The first-order valence-electron chi connectivity index (χ1n) is 10.4. The molecule has 0 radical (unpaired) electrons. The van der Waals surface area contributed by atoms with Crippen LogP contribution in [0.1, 0.15) is 43.4 Å². The Morgan fingerprint density at radius 3 is 2.72 bits per heavy atom. The second-order valence-electron chi connectivity index (χ2n) is 7.56. The van der Waals surface area contributed by atoms with Crippen molar-refractivity contribution in [3.8, 4) is 5.75 Å². The zero-order valence-electron chi connectivity index (χ0n) is 16.8. The summed E-state index contributed by atoms with van der Waals surface area (Å²) in [6, 6.07) is 22.1. The molecule has 150 valence electrons. The van der Waals surface area contributed by atoms with Gasteiger partial charge in [0.15, 0.2) is 0 Å². The van der Waals surface area contributed by atoms with Crippen LogP contribution >= 0.6 is 0 Å². The normalized spacial score (nSPS) is 18.4. The van der Waals surface area contributed by atoms with Gasteiger partial charge < -0.3 is 9.84 Å². The van der Waals surface area contributed by atoms with Gasteiger partial charge in [0, 0.05) is 0 Å². The minimum absolute atomic E-state index is 0.136. The fourth-order valence-corrected chi connectivity index (χ4v) is 4.51. The highest BCUT2D eigenvalue weighted by Crippen LogP contribution is 2.38. The van der Waals surface area contributed by atoms with E-state index in [-0.39, 0.29) is 6.04 Å². The average molecular weight is 389 g/mol. The first kappa shape index (κ1) is 19.5. The van der Waals surface area contributed by atoms with Gasteiger partial charge in [-0.05, 0) is 60.3 Å².